The lowest BCUT2D eigenvalue weighted by Crippen LogP contribution is -2.61. The third-order valence-corrected chi connectivity index (χ3v) is 13.4. The number of carbonyl (C=O) groups is 9. The molecule has 22 nitrogen and oxygen atoms in total. The molecule has 0 bridgehead atoms. The number of aromatic hydroxyl groups is 1. The molecule has 1 aromatic heterocycles. The second-order valence-electron chi connectivity index (χ2n) is 20.9. The van der Waals surface area contributed by atoms with E-state index in [-0.39, 0.29) is 56.2 Å². The Morgan fingerprint density at radius 3 is 1.74 bits per heavy atom. The predicted molar refractivity (Wildman–Crippen MR) is 276 cm³/mol. The Bertz CT molecular complexity index is 2200. The van der Waals surface area contributed by atoms with Crippen molar-refractivity contribution in [3.63, 3.8) is 0 Å². The van der Waals surface area contributed by atoms with Crippen LogP contribution < -0.4 is 43.0 Å². The number of aromatic nitrogens is 2. The number of nitrogens with two attached hydrogens (primary N) is 1. The molecule has 0 spiro atoms. The van der Waals surface area contributed by atoms with Gasteiger partial charge in [0.15, 0.2) is 0 Å². The minimum atomic E-state index is -1.26. The number of carboxylic acids is 1. The van der Waals surface area contributed by atoms with Crippen molar-refractivity contribution in [2.24, 2.45) is 35.3 Å². The first-order chi connectivity index (χ1) is 34.8. The number of H-pyrrole nitrogens is 1. The number of phenols is 1. The Balaban J connectivity index is 1.73. The number of nitrogens with zero attached hydrogens (tertiary/aromatic N) is 2. The average Bonchev–Trinajstić information content (AvgIpc) is 4.06. The molecule has 8 amide bonds. The summed E-state index contributed by atoms with van der Waals surface area (Å²) in [5.41, 5.74) is 7.43. The van der Waals surface area contributed by atoms with Gasteiger partial charge in [-0.2, -0.15) is 0 Å². The molecule has 0 radical (unpaired) electrons. The van der Waals surface area contributed by atoms with Gasteiger partial charge in [-0.05, 0) is 86.3 Å². The molecule has 1 aromatic carbocycles. The van der Waals surface area contributed by atoms with Crippen LogP contribution in [0.15, 0.2) is 36.8 Å². The van der Waals surface area contributed by atoms with Crippen LogP contribution in [0.2, 0.25) is 0 Å². The number of amides is 8. The molecule has 1 saturated heterocycles. The molecular weight excluding hydrogens is 955 g/mol. The van der Waals surface area contributed by atoms with E-state index in [1.165, 1.54) is 36.5 Å². The Hall–Kier alpha value is -6.58. The lowest BCUT2D eigenvalue weighted by Gasteiger charge is -2.32. The van der Waals surface area contributed by atoms with Gasteiger partial charge in [-0.15, -0.1) is 0 Å². The Labute approximate surface area is 435 Å². The number of hydrogen-bond acceptors (Lipinski definition) is 12. The van der Waals surface area contributed by atoms with Gasteiger partial charge in [-0.25, -0.2) is 9.78 Å². The number of nitrogens with one attached hydrogen (secondary N) is 8. The molecule has 74 heavy (non-hydrogen) atoms. The van der Waals surface area contributed by atoms with Crippen LogP contribution in [-0.4, -0.2) is 139 Å². The summed E-state index contributed by atoms with van der Waals surface area (Å²) in [5, 5.41) is 38.5. The molecule has 2 heterocycles. The number of hydrogen-bond donors (Lipinski definition) is 11. The lowest BCUT2D eigenvalue weighted by atomic mass is 9.96. The van der Waals surface area contributed by atoms with E-state index < -0.39 is 125 Å². The highest BCUT2D eigenvalue weighted by Crippen LogP contribution is 2.22. The van der Waals surface area contributed by atoms with Crippen molar-refractivity contribution in [1.82, 2.24) is 52.1 Å². The van der Waals surface area contributed by atoms with Gasteiger partial charge in [-0.3, -0.25) is 38.4 Å². The van der Waals surface area contributed by atoms with E-state index in [4.69, 9.17) is 5.73 Å². The third-order valence-electron chi connectivity index (χ3n) is 13.4. The fourth-order valence-corrected chi connectivity index (χ4v) is 8.59. The van der Waals surface area contributed by atoms with Crippen LogP contribution in [0.4, 0.5) is 0 Å². The number of rotatable bonds is 29. The summed E-state index contributed by atoms with van der Waals surface area (Å²) in [6.07, 6.45) is 5.05. The first kappa shape index (κ1) is 61.7. The SMILES string of the molecule is CC[C@H](C)[C@H](NC(=O)[C@H](Cc1cnc[nH]1)NC(=O)[C@@H](NC(=O)[C@@H](NC(=O)[C@H](C)NC(=O)[C@@H]1CCCN1C(=O)[C@H](CC(C)C)NC(=O)[C@H](CC(C)C)NC(=O)[C@@H](N)Cc1ccc(O)cc1)[C@@H](C)CC)C(C)C)C(=O)O. The number of aromatic amines is 1. The number of phenolic OH excluding ortho intramolecular Hbond substituents is 1. The third kappa shape index (κ3) is 18.7. The van der Waals surface area contributed by atoms with Crippen LogP contribution in [0.1, 0.15) is 126 Å². The number of aliphatic carboxylic acids is 1. The minimum Gasteiger partial charge on any atom is -0.508 e. The molecule has 2 aromatic rings. The van der Waals surface area contributed by atoms with Gasteiger partial charge >= 0.3 is 5.97 Å². The van der Waals surface area contributed by atoms with Gasteiger partial charge in [0, 0.05) is 24.9 Å². The maximum Gasteiger partial charge on any atom is 0.326 e. The van der Waals surface area contributed by atoms with Crippen LogP contribution in [0.3, 0.4) is 0 Å². The highest BCUT2D eigenvalue weighted by atomic mass is 16.4. The van der Waals surface area contributed by atoms with E-state index in [2.05, 4.69) is 47.2 Å². The number of likely N-dealkylation sites (tertiary alicyclic amines) is 1. The Kier molecular flexibility index (Phi) is 24.5. The Morgan fingerprint density at radius 2 is 1.19 bits per heavy atom. The van der Waals surface area contributed by atoms with Gasteiger partial charge in [0.25, 0.3) is 0 Å². The molecule has 1 aliphatic rings. The minimum absolute atomic E-state index is 0.0298. The zero-order valence-corrected chi connectivity index (χ0v) is 45.0. The van der Waals surface area contributed by atoms with Crippen molar-refractivity contribution >= 4 is 53.2 Å². The molecule has 11 atom stereocenters. The summed E-state index contributed by atoms with van der Waals surface area (Å²) in [6.45, 7) is 19.6. The quantitative estimate of drug-likeness (QED) is 0.0552. The van der Waals surface area contributed by atoms with Crippen LogP contribution >= 0.6 is 0 Å². The molecule has 0 unspecified atom stereocenters. The van der Waals surface area contributed by atoms with Gasteiger partial charge in [0.1, 0.15) is 54.1 Å². The van der Waals surface area contributed by atoms with E-state index in [9.17, 15) is 53.4 Å². The topological polar surface area (TPSA) is 336 Å². The van der Waals surface area contributed by atoms with Gasteiger partial charge in [0.05, 0.1) is 12.4 Å². The largest absolute Gasteiger partial charge is 0.508 e. The summed E-state index contributed by atoms with van der Waals surface area (Å²) in [4.78, 5) is 131. The van der Waals surface area contributed by atoms with Crippen molar-refractivity contribution in [2.75, 3.05) is 6.54 Å². The average molecular weight is 1040 g/mol. The first-order valence-electron chi connectivity index (χ1n) is 25.9. The smallest absolute Gasteiger partial charge is 0.326 e. The monoisotopic (exact) mass is 1040 g/mol. The van der Waals surface area contributed by atoms with Crippen molar-refractivity contribution < 1.29 is 53.4 Å². The Morgan fingerprint density at radius 1 is 0.662 bits per heavy atom. The molecule has 0 aliphatic carbocycles. The second kappa shape index (κ2) is 29.3. The summed E-state index contributed by atoms with van der Waals surface area (Å²) in [6, 6.07) is -3.88. The van der Waals surface area contributed by atoms with Gasteiger partial charge in [-0.1, -0.05) is 94.2 Å². The highest BCUT2D eigenvalue weighted by Gasteiger charge is 2.41. The van der Waals surface area contributed by atoms with Crippen molar-refractivity contribution in [3.05, 3.63) is 48.0 Å². The van der Waals surface area contributed by atoms with Crippen LogP contribution in [0.5, 0.6) is 5.75 Å². The van der Waals surface area contributed by atoms with Crippen LogP contribution in [-0.2, 0) is 56.0 Å². The van der Waals surface area contributed by atoms with E-state index in [1.807, 2.05) is 34.6 Å². The standard InChI is InChI=1S/C52H83N11O11/c1-12-30(9)42(50(71)60-41(29(7)8)49(70)58-38(24-34-25-54-26-55-34)47(68)62-43(52(73)74)31(10)13-2)61-44(65)32(11)56-48(69)40-15-14-20-63(40)51(72)39(22-28(5)6)59-46(67)37(21-27(3)4)57-45(66)36(53)23-33-16-18-35(64)19-17-33/h16-19,25-32,36-43,64H,12-15,20-24,53H2,1-11H3,(H,54,55)(H,56,69)(H,57,66)(H,58,70)(H,59,67)(H,60,71)(H,61,65)(H,62,68)(H,73,74)/t30-,31-,32-,36-,37-,38-,39-,40-,41-,42-,43-/m0/s1. The number of imidazole rings is 1. The van der Waals surface area contributed by atoms with Gasteiger partial charge in [0.2, 0.25) is 47.3 Å². The summed E-state index contributed by atoms with van der Waals surface area (Å²) in [7, 11) is 0. The van der Waals surface area contributed by atoms with E-state index in [0.717, 1.165) is 0 Å². The molecule has 0 saturated carbocycles. The molecule has 3 rings (SSSR count). The van der Waals surface area contributed by atoms with E-state index in [0.29, 0.717) is 30.5 Å². The molecular formula is C52H83N11O11. The summed E-state index contributed by atoms with van der Waals surface area (Å²) < 4.78 is 0. The maximum absolute atomic E-state index is 14.3. The lowest BCUT2D eigenvalue weighted by molar-refractivity contribution is -0.144. The van der Waals surface area contributed by atoms with Crippen molar-refractivity contribution in [2.45, 2.75) is 182 Å². The maximum atomic E-state index is 14.3. The molecule has 12 N–H and O–H groups in total. The summed E-state index contributed by atoms with van der Waals surface area (Å²) >= 11 is 0. The number of carboxylic acid groups (broad SMARTS) is 1. The number of benzene rings is 1. The zero-order chi connectivity index (χ0) is 55.6. The normalized spacial score (nSPS) is 17.6. The highest BCUT2D eigenvalue weighted by molar-refractivity contribution is 5.98. The van der Waals surface area contributed by atoms with Crippen molar-refractivity contribution in [1.29, 1.82) is 0 Å². The van der Waals surface area contributed by atoms with Crippen molar-refractivity contribution in [3.8, 4) is 5.75 Å². The molecule has 22 heteroatoms. The second-order valence-corrected chi connectivity index (χ2v) is 20.9. The fourth-order valence-electron chi connectivity index (χ4n) is 8.59. The first-order valence-corrected chi connectivity index (χ1v) is 25.9. The van der Waals surface area contributed by atoms with E-state index in [1.54, 1.807) is 46.8 Å². The number of carbonyl (C=O) groups excluding carboxylic acids is 8. The molecule has 412 valence electrons. The molecule has 1 fully saturated rings. The fraction of sp³-hybridized carbons (Fsp3) is 0.654. The molecule has 1 aliphatic heterocycles. The van der Waals surface area contributed by atoms with Crippen LogP contribution in [0, 0.1) is 29.6 Å². The summed E-state index contributed by atoms with van der Waals surface area (Å²) in [5.74, 6) is -7.81. The van der Waals surface area contributed by atoms with Crippen LogP contribution in [0.25, 0.3) is 0 Å². The predicted octanol–water partition coefficient (Wildman–Crippen LogP) is 1.56. The van der Waals surface area contributed by atoms with Gasteiger partial charge < -0.3 is 63.0 Å². The van der Waals surface area contributed by atoms with E-state index >= 15 is 0 Å². The zero-order valence-electron chi connectivity index (χ0n) is 45.0.